The smallest absolute Gasteiger partial charge is 0.305 e. The molecule has 190 valence electrons. The summed E-state index contributed by atoms with van der Waals surface area (Å²) in [5.41, 5.74) is 2.61. The highest BCUT2D eigenvalue weighted by Crippen LogP contribution is 2.48. The molecule has 3 rings (SSSR count). The summed E-state index contributed by atoms with van der Waals surface area (Å²) in [5, 5.41) is 29.3. The Bertz CT molecular complexity index is 827. The Balaban J connectivity index is 1.53. The van der Waals surface area contributed by atoms with E-state index in [4.69, 9.17) is 14.6 Å². The number of hydrogen-bond acceptors (Lipinski definition) is 5. The molecule has 3 N–H and O–H groups in total. The molecule has 0 bridgehead atoms. The number of carboxylic acids is 1. The number of aliphatic hydroxyl groups excluding tert-OH is 2. The summed E-state index contributed by atoms with van der Waals surface area (Å²) in [4.78, 5) is 11.0. The van der Waals surface area contributed by atoms with Crippen LogP contribution >= 0.6 is 0 Å². The van der Waals surface area contributed by atoms with E-state index in [0.717, 1.165) is 12.8 Å². The van der Waals surface area contributed by atoms with Gasteiger partial charge in [0.1, 0.15) is 12.2 Å². The molecule has 0 aromatic heterocycles. The maximum Gasteiger partial charge on any atom is 0.305 e. The van der Waals surface area contributed by atoms with Crippen LogP contribution in [-0.4, -0.2) is 57.9 Å². The maximum absolute atomic E-state index is 11.0. The van der Waals surface area contributed by atoms with Crippen LogP contribution in [0, 0.1) is 23.7 Å². The Labute approximate surface area is 204 Å². The molecular weight excluding hydrogens is 432 g/mol. The van der Waals surface area contributed by atoms with Gasteiger partial charge in [0, 0.05) is 6.42 Å². The van der Waals surface area contributed by atoms with Crippen molar-refractivity contribution in [2.24, 2.45) is 23.7 Å². The average Bonchev–Trinajstić information content (AvgIpc) is 3.40. The van der Waals surface area contributed by atoms with Crippen LogP contribution in [0.4, 0.5) is 0 Å². The largest absolute Gasteiger partial charge is 0.481 e. The SMILES string of the molecule is CC[C@H]1O[C@@H](/C(C)=C/[C@H](C)/C=C/C2[C@@H](C)[C@@H]2/C=C/[C@@H]2O[C@H](CC(=O)O)C[C@H](O)[C@H]2O)CC=C1C. The van der Waals surface area contributed by atoms with Gasteiger partial charge in [0.15, 0.2) is 0 Å². The fraction of sp³-hybridized carbons (Fsp3) is 0.679. The molecule has 34 heavy (non-hydrogen) atoms. The van der Waals surface area contributed by atoms with Crippen molar-refractivity contribution in [3.05, 3.63) is 47.6 Å². The summed E-state index contributed by atoms with van der Waals surface area (Å²) >= 11 is 0. The minimum Gasteiger partial charge on any atom is -0.481 e. The highest BCUT2D eigenvalue weighted by molar-refractivity contribution is 5.67. The summed E-state index contributed by atoms with van der Waals surface area (Å²) in [7, 11) is 0. The number of aliphatic hydroxyl groups is 2. The molecule has 6 nitrogen and oxygen atoms in total. The minimum atomic E-state index is -1.04. The predicted octanol–water partition coefficient (Wildman–Crippen LogP) is 4.43. The summed E-state index contributed by atoms with van der Waals surface area (Å²) in [6, 6.07) is 0. The number of ether oxygens (including phenoxy) is 2. The highest BCUT2D eigenvalue weighted by Gasteiger charge is 2.43. The predicted molar refractivity (Wildman–Crippen MR) is 132 cm³/mol. The standard InChI is InChI=1S/C28H42O6/c1-6-24-17(3)8-11-25(34-24)18(4)13-16(2)7-9-21-19(5)22(21)10-12-26-28(32)23(29)14-20(33-26)15-27(30)31/h7-10,12-13,16,19-26,28-29,32H,6,11,14-15H2,1-5H3,(H,30,31)/b9-7+,12-10+,18-13+/t16-,19-,20+,21?,22+,23+,24-,25-,26+,28-/m1/s1. The van der Waals surface area contributed by atoms with Crippen LogP contribution < -0.4 is 0 Å². The van der Waals surface area contributed by atoms with Gasteiger partial charge in [-0.25, -0.2) is 0 Å². The summed E-state index contributed by atoms with van der Waals surface area (Å²) in [5.74, 6) is 0.603. The van der Waals surface area contributed by atoms with Crippen LogP contribution in [0.1, 0.15) is 60.3 Å². The van der Waals surface area contributed by atoms with E-state index < -0.39 is 30.4 Å². The Hall–Kier alpha value is -1.73. The van der Waals surface area contributed by atoms with Crippen molar-refractivity contribution in [1.29, 1.82) is 0 Å². The van der Waals surface area contributed by atoms with Crippen LogP contribution in [0.5, 0.6) is 0 Å². The number of rotatable bonds is 9. The summed E-state index contributed by atoms with van der Waals surface area (Å²) < 4.78 is 12.0. The Morgan fingerprint density at radius 1 is 1.21 bits per heavy atom. The summed E-state index contributed by atoms with van der Waals surface area (Å²) in [6.07, 6.45) is 11.9. The normalized spacial score (nSPS) is 39.9. The molecule has 1 saturated heterocycles. The van der Waals surface area contributed by atoms with Gasteiger partial charge in [-0.1, -0.05) is 57.2 Å². The van der Waals surface area contributed by atoms with Gasteiger partial charge in [0.05, 0.1) is 30.8 Å². The topological polar surface area (TPSA) is 96.2 Å². The van der Waals surface area contributed by atoms with Crippen LogP contribution in [0.15, 0.2) is 47.6 Å². The first-order valence-corrected chi connectivity index (χ1v) is 12.7. The van der Waals surface area contributed by atoms with Crippen molar-refractivity contribution in [3.8, 4) is 0 Å². The van der Waals surface area contributed by atoms with Crippen molar-refractivity contribution in [2.75, 3.05) is 0 Å². The number of carbonyl (C=O) groups is 1. The zero-order valence-corrected chi connectivity index (χ0v) is 21.1. The van der Waals surface area contributed by atoms with Gasteiger partial charge in [0.25, 0.3) is 0 Å². The van der Waals surface area contributed by atoms with Crippen molar-refractivity contribution in [1.82, 2.24) is 0 Å². The molecule has 0 aromatic rings. The average molecular weight is 475 g/mol. The van der Waals surface area contributed by atoms with E-state index in [2.05, 4.69) is 58.9 Å². The quantitative estimate of drug-likeness (QED) is 0.428. The molecule has 6 heteroatoms. The van der Waals surface area contributed by atoms with Gasteiger partial charge < -0.3 is 24.8 Å². The fourth-order valence-electron chi connectivity index (χ4n) is 5.22. The third kappa shape index (κ3) is 6.91. The molecule has 3 aliphatic rings. The molecular formula is C28H42O6. The third-order valence-electron chi connectivity index (χ3n) is 7.56. The van der Waals surface area contributed by atoms with Gasteiger partial charge >= 0.3 is 5.97 Å². The molecule has 1 saturated carbocycles. The Morgan fingerprint density at radius 3 is 2.59 bits per heavy atom. The fourth-order valence-corrected chi connectivity index (χ4v) is 5.22. The van der Waals surface area contributed by atoms with Gasteiger partial charge in [-0.3, -0.25) is 4.79 Å². The lowest BCUT2D eigenvalue weighted by Crippen LogP contribution is -2.47. The lowest BCUT2D eigenvalue weighted by Gasteiger charge is -2.35. The van der Waals surface area contributed by atoms with Gasteiger partial charge in [-0.2, -0.15) is 0 Å². The third-order valence-corrected chi connectivity index (χ3v) is 7.56. The number of aliphatic carboxylic acids is 1. The number of hydrogen-bond donors (Lipinski definition) is 3. The zero-order valence-electron chi connectivity index (χ0n) is 21.1. The van der Waals surface area contributed by atoms with E-state index in [1.165, 1.54) is 11.1 Å². The van der Waals surface area contributed by atoms with Crippen molar-refractivity contribution < 1.29 is 29.6 Å². The number of allylic oxidation sites excluding steroid dienone is 4. The van der Waals surface area contributed by atoms with Crippen LogP contribution in [-0.2, 0) is 14.3 Å². The first kappa shape index (κ1) is 26.9. The van der Waals surface area contributed by atoms with Crippen LogP contribution in [0.3, 0.4) is 0 Å². The molecule has 1 aliphatic carbocycles. The monoisotopic (exact) mass is 474 g/mol. The minimum absolute atomic E-state index is 0.134. The molecule has 2 fully saturated rings. The molecule has 0 amide bonds. The first-order valence-electron chi connectivity index (χ1n) is 12.7. The molecule has 0 radical (unpaired) electrons. The highest BCUT2D eigenvalue weighted by atomic mass is 16.5. The zero-order chi connectivity index (χ0) is 25.0. The van der Waals surface area contributed by atoms with Crippen molar-refractivity contribution >= 4 is 5.97 Å². The van der Waals surface area contributed by atoms with E-state index >= 15 is 0 Å². The second kappa shape index (κ2) is 11.8. The Morgan fingerprint density at radius 2 is 1.91 bits per heavy atom. The molecule has 2 aliphatic heterocycles. The van der Waals surface area contributed by atoms with Gasteiger partial charge in [-0.05, 0) is 61.5 Å². The number of carboxylic acid groups (broad SMARTS) is 1. The van der Waals surface area contributed by atoms with Gasteiger partial charge in [-0.15, -0.1) is 0 Å². The van der Waals surface area contributed by atoms with Crippen LogP contribution in [0.25, 0.3) is 0 Å². The second-order valence-corrected chi connectivity index (χ2v) is 10.4. The van der Waals surface area contributed by atoms with Gasteiger partial charge in [0.2, 0.25) is 0 Å². The molecule has 1 unspecified atom stereocenters. The molecule has 10 atom stereocenters. The second-order valence-electron chi connectivity index (χ2n) is 10.4. The molecule has 0 aromatic carbocycles. The molecule has 0 spiro atoms. The molecule has 2 heterocycles. The van der Waals surface area contributed by atoms with E-state index in [9.17, 15) is 15.0 Å². The Kier molecular flexibility index (Phi) is 9.33. The van der Waals surface area contributed by atoms with E-state index in [1.807, 2.05) is 6.08 Å². The first-order chi connectivity index (χ1) is 16.1. The van der Waals surface area contributed by atoms with E-state index in [-0.39, 0.29) is 25.0 Å². The van der Waals surface area contributed by atoms with Crippen molar-refractivity contribution in [3.63, 3.8) is 0 Å². The maximum atomic E-state index is 11.0. The van der Waals surface area contributed by atoms with E-state index in [1.54, 1.807) is 6.08 Å². The van der Waals surface area contributed by atoms with Crippen LogP contribution in [0.2, 0.25) is 0 Å². The summed E-state index contributed by atoms with van der Waals surface area (Å²) in [6.45, 7) is 10.9. The lowest BCUT2D eigenvalue weighted by molar-refractivity contribution is -0.163. The van der Waals surface area contributed by atoms with Crippen molar-refractivity contribution in [2.45, 2.75) is 96.9 Å². The van der Waals surface area contributed by atoms with E-state index in [0.29, 0.717) is 23.7 Å². The lowest BCUT2D eigenvalue weighted by atomic mass is 9.95.